The molecule has 2 atom stereocenters. The molecular weight excluding hydrogens is 242 g/mol. The topological polar surface area (TPSA) is 46.6 Å². The fourth-order valence-electron chi connectivity index (χ4n) is 3.24. The molecule has 4 nitrogen and oxygen atoms in total. The highest BCUT2D eigenvalue weighted by atomic mass is 16.5. The Kier molecular flexibility index (Phi) is 4.61. The molecule has 0 aromatic carbocycles. The first-order valence-corrected chi connectivity index (χ1v) is 7.47. The van der Waals surface area contributed by atoms with Crippen LogP contribution in [0.5, 0.6) is 0 Å². The first-order chi connectivity index (χ1) is 9.03. The van der Waals surface area contributed by atoms with Gasteiger partial charge in [-0.15, -0.1) is 0 Å². The molecule has 2 aliphatic heterocycles. The zero-order chi connectivity index (χ0) is 13.9. The molecule has 19 heavy (non-hydrogen) atoms. The SMILES string of the molecule is CC(=O)CC1CCCCCN1C(=O)C1(C)CCCO1. The standard InChI is InChI=1S/C15H25NO3/c1-12(17)11-13-7-4-3-5-9-16(13)14(18)15(2)8-6-10-19-15/h13H,3-11H2,1-2H3. The van der Waals surface area contributed by atoms with Gasteiger partial charge in [0.1, 0.15) is 11.4 Å². The molecule has 0 saturated carbocycles. The van der Waals surface area contributed by atoms with Gasteiger partial charge in [0.25, 0.3) is 5.91 Å². The van der Waals surface area contributed by atoms with Crippen LogP contribution >= 0.6 is 0 Å². The van der Waals surface area contributed by atoms with Crippen LogP contribution in [0.3, 0.4) is 0 Å². The molecule has 2 heterocycles. The van der Waals surface area contributed by atoms with E-state index < -0.39 is 5.60 Å². The van der Waals surface area contributed by atoms with Gasteiger partial charge in [0.15, 0.2) is 0 Å². The van der Waals surface area contributed by atoms with Crippen LogP contribution in [0, 0.1) is 0 Å². The molecular formula is C15H25NO3. The van der Waals surface area contributed by atoms with Crippen LogP contribution in [-0.2, 0) is 14.3 Å². The molecule has 2 saturated heterocycles. The molecule has 2 fully saturated rings. The third-order valence-corrected chi connectivity index (χ3v) is 4.33. The van der Waals surface area contributed by atoms with Crippen molar-refractivity contribution in [3.8, 4) is 0 Å². The van der Waals surface area contributed by atoms with Gasteiger partial charge in [0.05, 0.1) is 0 Å². The predicted octanol–water partition coefficient (Wildman–Crippen LogP) is 2.31. The summed E-state index contributed by atoms with van der Waals surface area (Å²) in [5.41, 5.74) is -0.653. The third-order valence-electron chi connectivity index (χ3n) is 4.33. The summed E-state index contributed by atoms with van der Waals surface area (Å²) in [7, 11) is 0. The van der Waals surface area contributed by atoms with E-state index in [1.807, 2.05) is 11.8 Å². The Hall–Kier alpha value is -0.900. The number of hydrogen-bond acceptors (Lipinski definition) is 3. The summed E-state index contributed by atoms with van der Waals surface area (Å²) in [6.45, 7) is 4.96. The summed E-state index contributed by atoms with van der Waals surface area (Å²) in [4.78, 5) is 26.1. The number of carbonyl (C=O) groups is 2. The summed E-state index contributed by atoms with van der Waals surface area (Å²) in [6.07, 6.45) is 6.48. The van der Waals surface area contributed by atoms with Crippen molar-refractivity contribution >= 4 is 11.7 Å². The van der Waals surface area contributed by atoms with Crippen LogP contribution in [0.2, 0.25) is 0 Å². The number of carbonyl (C=O) groups excluding carboxylic acids is 2. The van der Waals surface area contributed by atoms with Crippen molar-refractivity contribution < 1.29 is 14.3 Å². The normalized spacial score (nSPS) is 32.1. The van der Waals surface area contributed by atoms with E-state index in [9.17, 15) is 9.59 Å². The van der Waals surface area contributed by atoms with Crippen LogP contribution in [-0.4, -0.2) is 41.4 Å². The van der Waals surface area contributed by atoms with E-state index in [-0.39, 0.29) is 17.7 Å². The zero-order valence-electron chi connectivity index (χ0n) is 12.1. The molecule has 2 aliphatic rings. The molecule has 0 aromatic rings. The predicted molar refractivity (Wildman–Crippen MR) is 72.9 cm³/mol. The van der Waals surface area contributed by atoms with Crippen LogP contribution < -0.4 is 0 Å². The maximum absolute atomic E-state index is 12.8. The molecule has 2 rings (SSSR count). The first kappa shape index (κ1) is 14.5. The molecule has 0 N–H and O–H groups in total. The van der Waals surface area contributed by atoms with Crippen molar-refractivity contribution in [2.45, 2.75) is 70.4 Å². The average Bonchev–Trinajstić information content (AvgIpc) is 2.68. The Labute approximate surface area is 115 Å². The summed E-state index contributed by atoms with van der Waals surface area (Å²) >= 11 is 0. The lowest BCUT2D eigenvalue weighted by atomic mass is 9.98. The molecule has 0 aromatic heterocycles. The largest absolute Gasteiger partial charge is 0.365 e. The van der Waals surface area contributed by atoms with Crippen molar-refractivity contribution in [3.63, 3.8) is 0 Å². The maximum atomic E-state index is 12.8. The second-order valence-corrected chi connectivity index (χ2v) is 6.09. The van der Waals surface area contributed by atoms with Crippen LogP contribution in [0.4, 0.5) is 0 Å². The second-order valence-electron chi connectivity index (χ2n) is 6.09. The Bertz CT molecular complexity index is 347. The van der Waals surface area contributed by atoms with Crippen molar-refractivity contribution in [2.75, 3.05) is 13.2 Å². The van der Waals surface area contributed by atoms with Gasteiger partial charge in [0.2, 0.25) is 0 Å². The minimum Gasteiger partial charge on any atom is -0.365 e. The summed E-state index contributed by atoms with van der Waals surface area (Å²) in [5, 5.41) is 0. The lowest BCUT2D eigenvalue weighted by Gasteiger charge is -2.35. The van der Waals surface area contributed by atoms with Crippen LogP contribution in [0.15, 0.2) is 0 Å². The quantitative estimate of drug-likeness (QED) is 0.788. The summed E-state index contributed by atoms with van der Waals surface area (Å²) < 4.78 is 5.67. The second kappa shape index (κ2) is 6.04. The van der Waals surface area contributed by atoms with Gasteiger partial charge in [-0.25, -0.2) is 0 Å². The van der Waals surface area contributed by atoms with Gasteiger partial charge in [-0.3, -0.25) is 9.59 Å². The minimum atomic E-state index is -0.653. The minimum absolute atomic E-state index is 0.0773. The Balaban J connectivity index is 2.12. The lowest BCUT2D eigenvalue weighted by Crippen LogP contribution is -2.51. The van der Waals surface area contributed by atoms with Crippen molar-refractivity contribution in [3.05, 3.63) is 0 Å². The van der Waals surface area contributed by atoms with E-state index in [2.05, 4.69) is 0 Å². The maximum Gasteiger partial charge on any atom is 0.254 e. The monoisotopic (exact) mass is 267 g/mol. The number of rotatable bonds is 3. The van der Waals surface area contributed by atoms with Gasteiger partial charge in [-0.1, -0.05) is 12.8 Å². The van der Waals surface area contributed by atoms with Gasteiger partial charge in [-0.05, 0) is 39.5 Å². The molecule has 0 spiro atoms. The molecule has 1 amide bonds. The Morgan fingerprint density at radius 1 is 1.26 bits per heavy atom. The smallest absolute Gasteiger partial charge is 0.254 e. The molecule has 0 radical (unpaired) electrons. The van der Waals surface area contributed by atoms with Crippen LogP contribution in [0.25, 0.3) is 0 Å². The van der Waals surface area contributed by atoms with E-state index in [1.54, 1.807) is 6.92 Å². The van der Waals surface area contributed by atoms with E-state index in [1.165, 1.54) is 0 Å². The molecule has 4 heteroatoms. The van der Waals surface area contributed by atoms with Gasteiger partial charge < -0.3 is 9.64 Å². The van der Waals surface area contributed by atoms with Crippen LogP contribution in [0.1, 0.15) is 58.8 Å². The molecule has 108 valence electrons. The number of nitrogens with zero attached hydrogens (tertiary/aromatic N) is 1. The molecule has 0 bridgehead atoms. The fraction of sp³-hybridized carbons (Fsp3) is 0.867. The number of likely N-dealkylation sites (tertiary alicyclic amines) is 1. The Morgan fingerprint density at radius 2 is 2.05 bits per heavy atom. The number of amides is 1. The Morgan fingerprint density at radius 3 is 2.68 bits per heavy atom. The third kappa shape index (κ3) is 3.35. The number of Topliss-reactive ketones (excluding diaryl/α,β-unsaturated/α-hetero) is 1. The van der Waals surface area contributed by atoms with Gasteiger partial charge >= 0.3 is 0 Å². The highest BCUT2D eigenvalue weighted by Crippen LogP contribution is 2.30. The molecule has 2 unspecified atom stereocenters. The van der Waals surface area contributed by atoms with Crippen molar-refractivity contribution in [2.24, 2.45) is 0 Å². The van der Waals surface area contributed by atoms with E-state index >= 15 is 0 Å². The van der Waals surface area contributed by atoms with Gasteiger partial charge in [-0.2, -0.15) is 0 Å². The highest BCUT2D eigenvalue weighted by molar-refractivity contribution is 5.86. The number of ether oxygens (including phenoxy) is 1. The van der Waals surface area contributed by atoms with Crippen molar-refractivity contribution in [1.29, 1.82) is 0 Å². The summed E-state index contributed by atoms with van der Waals surface area (Å²) in [6, 6.07) is 0.0773. The van der Waals surface area contributed by atoms with E-state index in [4.69, 9.17) is 4.74 Å². The van der Waals surface area contributed by atoms with Gasteiger partial charge in [0, 0.05) is 25.6 Å². The van der Waals surface area contributed by atoms with Crippen molar-refractivity contribution in [1.82, 2.24) is 4.90 Å². The highest BCUT2D eigenvalue weighted by Gasteiger charge is 2.42. The van der Waals surface area contributed by atoms with E-state index in [0.717, 1.165) is 45.1 Å². The fourth-order valence-corrected chi connectivity index (χ4v) is 3.24. The zero-order valence-corrected chi connectivity index (χ0v) is 12.1. The van der Waals surface area contributed by atoms with E-state index in [0.29, 0.717) is 13.0 Å². The molecule has 0 aliphatic carbocycles. The summed E-state index contributed by atoms with van der Waals surface area (Å²) in [5.74, 6) is 0.264. The average molecular weight is 267 g/mol. The number of ketones is 1. The lowest BCUT2D eigenvalue weighted by molar-refractivity contribution is -0.153. The first-order valence-electron chi connectivity index (χ1n) is 7.47. The number of hydrogen-bond donors (Lipinski definition) is 0.